The van der Waals surface area contributed by atoms with Crippen LogP contribution in [0.25, 0.3) is 0 Å². The summed E-state index contributed by atoms with van der Waals surface area (Å²) in [4.78, 5) is 14.1. The molecule has 3 aromatic carbocycles. The van der Waals surface area contributed by atoms with Gasteiger partial charge in [0.1, 0.15) is 24.1 Å². The van der Waals surface area contributed by atoms with E-state index < -0.39 is 12.0 Å². The van der Waals surface area contributed by atoms with Crippen molar-refractivity contribution >= 4 is 5.97 Å². The van der Waals surface area contributed by atoms with Crippen LogP contribution >= 0.6 is 0 Å². The summed E-state index contributed by atoms with van der Waals surface area (Å²) in [6.07, 6.45) is 1.49. The van der Waals surface area contributed by atoms with E-state index in [4.69, 9.17) is 9.47 Å². The van der Waals surface area contributed by atoms with E-state index in [-0.39, 0.29) is 6.04 Å². The zero-order chi connectivity index (χ0) is 21.6. The number of hydrogen-bond acceptors (Lipinski definition) is 4. The highest BCUT2D eigenvalue weighted by Crippen LogP contribution is 2.40. The van der Waals surface area contributed by atoms with E-state index in [1.54, 1.807) is 7.11 Å². The van der Waals surface area contributed by atoms with Crippen LogP contribution in [-0.4, -0.2) is 35.7 Å². The summed E-state index contributed by atoms with van der Waals surface area (Å²) in [6.45, 7) is 1.16. The van der Waals surface area contributed by atoms with Crippen LogP contribution in [0.15, 0.2) is 78.9 Å². The van der Waals surface area contributed by atoms with E-state index >= 15 is 0 Å². The van der Waals surface area contributed by atoms with E-state index in [0.29, 0.717) is 19.6 Å². The van der Waals surface area contributed by atoms with Gasteiger partial charge in [-0.1, -0.05) is 60.7 Å². The molecule has 160 valence electrons. The molecule has 5 nitrogen and oxygen atoms in total. The quantitative estimate of drug-likeness (QED) is 0.564. The maximum absolute atomic E-state index is 12.0. The van der Waals surface area contributed by atoms with E-state index in [1.165, 1.54) is 0 Å². The Morgan fingerprint density at radius 3 is 2.61 bits per heavy atom. The lowest BCUT2D eigenvalue weighted by Crippen LogP contribution is -2.39. The summed E-state index contributed by atoms with van der Waals surface area (Å²) >= 11 is 0. The van der Waals surface area contributed by atoms with Crippen molar-refractivity contribution in [3.8, 4) is 11.5 Å². The average molecular weight is 418 g/mol. The lowest BCUT2D eigenvalue weighted by atomic mass is 9.95. The third-order valence-corrected chi connectivity index (χ3v) is 5.77. The van der Waals surface area contributed by atoms with Crippen molar-refractivity contribution in [2.24, 2.45) is 0 Å². The number of methoxy groups -OCH3 is 1. The topological polar surface area (TPSA) is 59.0 Å². The lowest BCUT2D eigenvalue weighted by Gasteiger charge is -2.33. The Balaban J connectivity index is 1.74. The molecule has 0 saturated carbocycles. The molecule has 1 aliphatic heterocycles. The van der Waals surface area contributed by atoms with Crippen molar-refractivity contribution in [2.75, 3.05) is 13.7 Å². The summed E-state index contributed by atoms with van der Waals surface area (Å²) in [5.41, 5.74) is 3.03. The maximum Gasteiger partial charge on any atom is 0.320 e. The van der Waals surface area contributed by atoms with Crippen molar-refractivity contribution < 1.29 is 19.4 Å². The molecule has 1 N–H and O–H groups in total. The van der Waals surface area contributed by atoms with Gasteiger partial charge in [0.05, 0.1) is 13.2 Å². The number of carbonyl (C=O) groups is 1. The van der Waals surface area contributed by atoms with Crippen molar-refractivity contribution in [1.82, 2.24) is 4.90 Å². The van der Waals surface area contributed by atoms with Crippen molar-refractivity contribution in [2.45, 2.75) is 31.5 Å². The highest BCUT2D eigenvalue weighted by Gasteiger charge is 2.38. The molecule has 0 amide bonds. The van der Waals surface area contributed by atoms with Crippen molar-refractivity contribution in [3.05, 3.63) is 95.6 Å². The third-order valence-electron chi connectivity index (χ3n) is 5.77. The smallest absolute Gasteiger partial charge is 0.320 e. The van der Waals surface area contributed by atoms with Gasteiger partial charge in [0.2, 0.25) is 0 Å². The van der Waals surface area contributed by atoms with Crippen molar-refractivity contribution in [3.63, 3.8) is 0 Å². The summed E-state index contributed by atoms with van der Waals surface area (Å²) in [7, 11) is 1.64. The summed E-state index contributed by atoms with van der Waals surface area (Å²) in [5.74, 6) is 0.722. The Labute approximate surface area is 182 Å². The van der Waals surface area contributed by atoms with Gasteiger partial charge in [0, 0.05) is 12.1 Å². The van der Waals surface area contributed by atoms with Gasteiger partial charge in [-0.25, -0.2) is 0 Å². The monoisotopic (exact) mass is 417 g/mol. The first-order valence-corrected chi connectivity index (χ1v) is 10.6. The molecule has 0 radical (unpaired) electrons. The number of carboxylic acid groups (broad SMARTS) is 1. The fourth-order valence-corrected chi connectivity index (χ4v) is 4.30. The van der Waals surface area contributed by atoms with E-state index in [2.05, 4.69) is 4.90 Å². The summed E-state index contributed by atoms with van der Waals surface area (Å²) in [6, 6.07) is 25.0. The Morgan fingerprint density at radius 2 is 1.84 bits per heavy atom. The van der Waals surface area contributed by atoms with E-state index in [0.717, 1.165) is 34.6 Å². The first kappa shape index (κ1) is 20.9. The standard InChI is InChI=1S/C26H27NO4/c1-30-21-12-7-11-20(17-21)25(27-16-8-14-23(27)26(28)29)22-13-5-6-15-24(22)31-18-19-9-3-2-4-10-19/h2-7,9-13,15,17,23,25H,8,14,16,18H2,1H3,(H,28,29). The van der Waals surface area contributed by atoms with Crippen LogP contribution in [-0.2, 0) is 11.4 Å². The van der Waals surface area contributed by atoms with Crippen LogP contribution in [0.3, 0.4) is 0 Å². The Kier molecular flexibility index (Phi) is 6.53. The fraction of sp³-hybridized carbons (Fsp3) is 0.269. The average Bonchev–Trinajstić information content (AvgIpc) is 3.29. The number of likely N-dealkylation sites (tertiary alicyclic amines) is 1. The molecule has 1 aliphatic rings. The van der Waals surface area contributed by atoms with Crippen LogP contribution in [0.2, 0.25) is 0 Å². The molecule has 3 aromatic rings. The number of carboxylic acids is 1. The Hall–Kier alpha value is -3.31. The second-order valence-corrected chi connectivity index (χ2v) is 7.73. The van der Waals surface area contributed by atoms with E-state index in [9.17, 15) is 9.90 Å². The molecule has 31 heavy (non-hydrogen) atoms. The van der Waals surface area contributed by atoms with Gasteiger partial charge < -0.3 is 14.6 Å². The predicted molar refractivity (Wildman–Crippen MR) is 119 cm³/mol. The fourth-order valence-electron chi connectivity index (χ4n) is 4.30. The highest BCUT2D eigenvalue weighted by molar-refractivity contribution is 5.74. The molecule has 0 spiro atoms. The molecule has 2 unspecified atom stereocenters. The minimum Gasteiger partial charge on any atom is -0.497 e. The number of rotatable bonds is 8. The summed E-state index contributed by atoms with van der Waals surface area (Å²) in [5, 5.41) is 9.85. The van der Waals surface area contributed by atoms with E-state index in [1.807, 2.05) is 78.9 Å². The zero-order valence-electron chi connectivity index (χ0n) is 17.6. The van der Waals surface area contributed by atoms with Crippen LogP contribution in [0, 0.1) is 0 Å². The van der Waals surface area contributed by atoms with Gasteiger partial charge in [-0.05, 0) is 42.2 Å². The minimum absolute atomic E-state index is 0.245. The predicted octanol–water partition coefficient (Wildman–Crippen LogP) is 4.91. The Morgan fingerprint density at radius 1 is 1.06 bits per heavy atom. The molecule has 0 bridgehead atoms. The number of hydrogen-bond donors (Lipinski definition) is 1. The molecule has 2 atom stereocenters. The molecule has 1 fully saturated rings. The number of aliphatic carboxylic acids is 1. The molecule has 5 heteroatoms. The second-order valence-electron chi connectivity index (χ2n) is 7.73. The first-order valence-electron chi connectivity index (χ1n) is 10.6. The van der Waals surface area contributed by atoms with Crippen LogP contribution in [0.5, 0.6) is 11.5 Å². The number of benzene rings is 3. The van der Waals surface area contributed by atoms with Crippen LogP contribution < -0.4 is 9.47 Å². The molecular formula is C26H27NO4. The normalized spacial score (nSPS) is 17.3. The molecule has 0 aromatic heterocycles. The molecule has 1 saturated heterocycles. The largest absolute Gasteiger partial charge is 0.497 e. The second kappa shape index (κ2) is 9.67. The number of nitrogens with zero attached hydrogens (tertiary/aromatic N) is 1. The molecule has 1 heterocycles. The van der Waals surface area contributed by atoms with Gasteiger partial charge >= 0.3 is 5.97 Å². The number of para-hydroxylation sites is 1. The third kappa shape index (κ3) is 4.72. The first-order chi connectivity index (χ1) is 15.2. The lowest BCUT2D eigenvalue weighted by molar-refractivity contribution is -0.142. The van der Waals surface area contributed by atoms with Crippen LogP contribution in [0.4, 0.5) is 0 Å². The molecular weight excluding hydrogens is 390 g/mol. The molecule has 4 rings (SSSR count). The maximum atomic E-state index is 12.0. The van der Waals surface area contributed by atoms with Gasteiger partial charge in [-0.3, -0.25) is 9.69 Å². The number of ether oxygens (including phenoxy) is 2. The zero-order valence-corrected chi connectivity index (χ0v) is 17.6. The highest BCUT2D eigenvalue weighted by atomic mass is 16.5. The van der Waals surface area contributed by atoms with Crippen molar-refractivity contribution in [1.29, 1.82) is 0 Å². The van der Waals surface area contributed by atoms with Gasteiger partial charge in [0.25, 0.3) is 0 Å². The Bertz CT molecular complexity index is 1020. The molecule has 0 aliphatic carbocycles. The van der Waals surface area contributed by atoms with Crippen LogP contribution in [0.1, 0.15) is 35.6 Å². The van der Waals surface area contributed by atoms with Gasteiger partial charge in [-0.2, -0.15) is 0 Å². The minimum atomic E-state index is -0.784. The SMILES string of the molecule is COc1cccc(C(c2ccccc2OCc2ccccc2)N2CCCC2C(=O)O)c1. The summed E-state index contributed by atoms with van der Waals surface area (Å²) < 4.78 is 11.7. The van der Waals surface area contributed by atoms with Gasteiger partial charge in [0.15, 0.2) is 0 Å². The van der Waals surface area contributed by atoms with Gasteiger partial charge in [-0.15, -0.1) is 0 Å².